The molecule has 7 nitrogen and oxygen atoms in total. The first-order valence-corrected chi connectivity index (χ1v) is 10.8. The number of anilines is 3. The topological polar surface area (TPSA) is 87.9 Å². The highest BCUT2D eigenvalue weighted by molar-refractivity contribution is 5.86. The van der Waals surface area contributed by atoms with Crippen LogP contribution >= 0.6 is 12.4 Å². The lowest BCUT2D eigenvalue weighted by Crippen LogP contribution is -2.29. The molecule has 2 fully saturated rings. The highest BCUT2D eigenvalue weighted by atomic mass is 35.5. The van der Waals surface area contributed by atoms with Gasteiger partial charge in [0.25, 0.3) is 0 Å². The third-order valence-electron chi connectivity index (χ3n) is 6.21. The minimum absolute atomic E-state index is 0. The van der Waals surface area contributed by atoms with E-state index in [-0.39, 0.29) is 18.5 Å². The fourth-order valence-electron chi connectivity index (χ4n) is 4.58. The van der Waals surface area contributed by atoms with Gasteiger partial charge in [-0.15, -0.1) is 12.4 Å². The number of hydrogen-bond acceptors (Lipinski definition) is 6. The van der Waals surface area contributed by atoms with E-state index in [2.05, 4.69) is 20.2 Å². The molecule has 3 N–H and O–H groups in total. The van der Waals surface area contributed by atoms with Crippen LogP contribution in [0.4, 0.5) is 17.5 Å². The van der Waals surface area contributed by atoms with Crippen molar-refractivity contribution in [3.05, 3.63) is 36.7 Å². The molecule has 30 heavy (non-hydrogen) atoms. The van der Waals surface area contributed by atoms with Gasteiger partial charge in [-0.1, -0.05) is 31.0 Å². The summed E-state index contributed by atoms with van der Waals surface area (Å²) in [5.41, 5.74) is 2.68. The van der Waals surface area contributed by atoms with Crippen molar-refractivity contribution in [3.63, 3.8) is 0 Å². The number of fused-ring (bicyclic) bond motifs is 1. The number of imidazole rings is 1. The normalized spacial score (nSPS) is 22.0. The molecule has 3 aromatic rings. The number of para-hydroxylation sites is 1. The molecule has 0 bridgehead atoms. The third kappa shape index (κ3) is 4.37. The summed E-state index contributed by atoms with van der Waals surface area (Å²) in [6.45, 7) is 0. The van der Waals surface area contributed by atoms with E-state index in [9.17, 15) is 5.11 Å². The van der Waals surface area contributed by atoms with Gasteiger partial charge in [-0.3, -0.25) is 0 Å². The molecule has 0 spiro atoms. The molecule has 5 rings (SSSR count). The largest absolute Gasteiger partial charge is 0.393 e. The van der Waals surface area contributed by atoms with Gasteiger partial charge in [-0.2, -0.15) is 9.97 Å². The molecule has 2 saturated carbocycles. The Balaban J connectivity index is 0.00000218. The van der Waals surface area contributed by atoms with Gasteiger partial charge < -0.3 is 20.3 Å². The molecule has 0 atom stereocenters. The highest BCUT2D eigenvalue weighted by Crippen LogP contribution is 2.34. The maximum absolute atomic E-state index is 9.79. The number of rotatable bonds is 5. The van der Waals surface area contributed by atoms with E-state index >= 15 is 0 Å². The molecule has 0 amide bonds. The molecule has 0 aliphatic heterocycles. The number of aliphatic hydroxyl groups excluding tert-OH is 1. The summed E-state index contributed by atoms with van der Waals surface area (Å²) in [6, 6.07) is 10.8. The van der Waals surface area contributed by atoms with Gasteiger partial charge in [0.15, 0.2) is 17.0 Å². The van der Waals surface area contributed by atoms with Gasteiger partial charge in [0.2, 0.25) is 5.95 Å². The molecule has 160 valence electrons. The molecule has 2 aromatic heterocycles. The van der Waals surface area contributed by atoms with E-state index in [0.29, 0.717) is 18.0 Å². The molecular weight excluding hydrogens is 400 g/mol. The quantitative estimate of drug-likeness (QED) is 0.539. The van der Waals surface area contributed by atoms with Crippen molar-refractivity contribution in [1.82, 2.24) is 19.5 Å². The number of aliphatic hydroxyl groups is 1. The Morgan fingerprint density at radius 1 is 0.933 bits per heavy atom. The second kappa shape index (κ2) is 9.18. The van der Waals surface area contributed by atoms with Gasteiger partial charge in [-0.05, 0) is 50.7 Å². The van der Waals surface area contributed by atoms with E-state index in [1.165, 1.54) is 25.7 Å². The summed E-state index contributed by atoms with van der Waals surface area (Å²) in [4.78, 5) is 14.3. The zero-order chi connectivity index (χ0) is 19.6. The predicted molar refractivity (Wildman–Crippen MR) is 122 cm³/mol. The number of benzene rings is 1. The number of halogens is 1. The van der Waals surface area contributed by atoms with Crippen molar-refractivity contribution in [2.24, 2.45) is 0 Å². The van der Waals surface area contributed by atoms with Crippen LogP contribution < -0.4 is 10.6 Å². The van der Waals surface area contributed by atoms with Gasteiger partial charge in [-0.25, -0.2) is 4.98 Å². The van der Waals surface area contributed by atoms with Crippen LogP contribution in [0.1, 0.15) is 57.4 Å². The van der Waals surface area contributed by atoms with E-state index in [4.69, 9.17) is 9.97 Å². The summed E-state index contributed by atoms with van der Waals surface area (Å²) in [6.07, 6.45) is 10.2. The van der Waals surface area contributed by atoms with Crippen LogP contribution in [-0.2, 0) is 0 Å². The smallest absolute Gasteiger partial charge is 0.227 e. The Morgan fingerprint density at radius 2 is 1.67 bits per heavy atom. The van der Waals surface area contributed by atoms with Gasteiger partial charge in [0, 0.05) is 17.8 Å². The Hall–Kier alpha value is -2.38. The van der Waals surface area contributed by atoms with Crippen LogP contribution in [0.2, 0.25) is 0 Å². The maximum Gasteiger partial charge on any atom is 0.227 e. The lowest BCUT2D eigenvalue weighted by molar-refractivity contribution is 0.126. The highest BCUT2D eigenvalue weighted by Gasteiger charge is 2.24. The third-order valence-corrected chi connectivity index (χ3v) is 6.21. The molecule has 1 aromatic carbocycles. The molecule has 2 aliphatic carbocycles. The van der Waals surface area contributed by atoms with Crippen LogP contribution in [0.15, 0.2) is 36.7 Å². The van der Waals surface area contributed by atoms with Crippen molar-refractivity contribution in [2.45, 2.75) is 69.6 Å². The second-order valence-electron chi connectivity index (χ2n) is 8.30. The predicted octanol–water partition coefficient (Wildman–Crippen LogP) is 4.82. The van der Waals surface area contributed by atoms with Gasteiger partial charge in [0.05, 0.1) is 12.4 Å². The summed E-state index contributed by atoms with van der Waals surface area (Å²) >= 11 is 0. The lowest BCUT2D eigenvalue weighted by atomic mass is 9.93. The second-order valence-corrected chi connectivity index (χ2v) is 8.30. The van der Waals surface area contributed by atoms with Crippen molar-refractivity contribution < 1.29 is 5.11 Å². The standard InChI is InChI=1S/C22H28N6O.ClH/c29-18-12-10-16(11-13-18)25-22-26-20(24-15-6-2-1-3-7-15)19-21(27-22)28(14-23-19)17-8-4-5-9-17;/h1-3,6-7,14,16-18,29H,4-5,8-13H2,(H2,24,25,26,27);1H/t16-,18-;. The molecule has 2 aliphatic rings. The van der Waals surface area contributed by atoms with Gasteiger partial charge in [0.1, 0.15) is 0 Å². The van der Waals surface area contributed by atoms with Crippen LogP contribution in [0.25, 0.3) is 11.2 Å². The zero-order valence-electron chi connectivity index (χ0n) is 17.0. The summed E-state index contributed by atoms with van der Waals surface area (Å²) in [5.74, 6) is 1.37. The molecule has 0 radical (unpaired) electrons. The monoisotopic (exact) mass is 428 g/mol. The van der Waals surface area contributed by atoms with Crippen LogP contribution in [0.5, 0.6) is 0 Å². The van der Waals surface area contributed by atoms with E-state index in [1.807, 2.05) is 36.7 Å². The van der Waals surface area contributed by atoms with Crippen LogP contribution in [-0.4, -0.2) is 36.8 Å². The molecule has 2 heterocycles. The van der Waals surface area contributed by atoms with E-state index in [0.717, 1.165) is 48.4 Å². The van der Waals surface area contributed by atoms with Crippen molar-refractivity contribution in [3.8, 4) is 0 Å². The zero-order valence-corrected chi connectivity index (χ0v) is 17.8. The van der Waals surface area contributed by atoms with Crippen molar-refractivity contribution in [2.75, 3.05) is 10.6 Å². The SMILES string of the molecule is Cl.O[C@H]1CC[C@H](Nc2nc(Nc3ccccc3)c3ncn(C4CCCC4)c3n2)CC1. The summed E-state index contributed by atoms with van der Waals surface area (Å²) < 4.78 is 2.23. The van der Waals surface area contributed by atoms with Crippen molar-refractivity contribution >= 4 is 41.0 Å². The fraction of sp³-hybridized carbons (Fsp3) is 0.500. The van der Waals surface area contributed by atoms with E-state index < -0.39 is 0 Å². The summed E-state index contributed by atoms with van der Waals surface area (Å²) in [7, 11) is 0. The molecule has 0 saturated heterocycles. The number of nitrogens with one attached hydrogen (secondary N) is 2. The maximum atomic E-state index is 9.79. The Morgan fingerprint density at radius 3 is 2.40 bits per heavy atom. The first kappa shape index (κ1) is 20.9. The van der Waals surface area contributed by atoms with E-state index in [1.54, 1.807) is 0 Å². The molecular formula is C22H29ClN6O. The van der Waals surface area contributed by atoms with Crippen LogP contribution in [0.3, 0.4) is 0 Å². The van der Waals surface area contributed by atoms with Crippen molar-refractivity contribution in [1.29, 1.82) is 0 Å². The molecule has 8 heteroatoms. The minimum Gasteiger partial charge on any atom is -0.393 e. The average Bonchev–Trinajstić information content (AvgIpc) is 3.40. The number of nitrogens with zero attached hydrogens (tertiary/aromatic N) is 4. The minimum atomic E-state index is -0.171. The average molecular weight is 429 g/mol. The summed E-state index contributed by atoms with van der Waals surface area (Å²) in [5, 5.41) is 16.7. The fourth-order valence-corrected chi connectivity index (χ4v) is 4.58. The Bertz CT molecular complexity index is 964. The Labute approximate surface area is 182 Å². The molecule has 0 unspecified atom stereocenters. The first-order chi connectivity index (χ1) is 14.3. The number of aromatic nitrogens is 4. The first-order valence-electron chi connectivity index (χ1n) is 10.8. The Kier molecular flexibility index (Phi) is 6.39. The number of hydrogen-bond donors (Lipinski definition) is 3. The lowest BCUT2D eigenvalue weighted by Gasteiger charge is -2.26. The van der Waals surface area contributed by atoms with Gasteiger partial charge >= 0.3 is 0 Å². The van der Waals surface area contributed by atoms with Crippen LogP contribution in [0, 0.1) is 0 Å².